The van der Waals surface area contributed by atoms with Gasteiger partial charge in [-0.05, 0) is 58.0 Å². The van der Waals surface area contributed by atoms with E-state index in [4.69, 9.17) is 28.9 Å². The molecule has 2 rings (SSSR count). The van der Waals surface area contributed by atoms with Crippen molar-refractivity contribution in [2.75, 3.05) is 5.32 Å². The summed E-state index contributed by atoms with van der Waals surface area (Å²) < 4.78 is 0.851. The van der Waals surface area contributed by atoms with Gasteiger partial charge in [-0.1, -0.05) is 23.7 Å². The van der Waals surface area contributed by atoms with Gasteiger partial charge < -0.3 is 15.7 Å². The Hall–Kier alpha value is -1.70. The fourth-order valence-electron chi connectivity index (χ4n) is 1.91. The van der Waals surface area contributed by atoms with Crippen LogP contribution in [0, 0.1) is 0 Å². The first kappa shape index (κ1) is 17.7. The van der Waals surface area contributed by atoms with Crippen molar-refractivity contribution < 1.29 is 9.90 Å². The van der Waals surface area contributed by atoms with E-state index in [9.17, 15) is 4.79 Å². The Labute approximate surface area is 152 Å². The molecule has 0 radical (unpaired) electrons. The summed E-state index contributed by atoms with van der Waals surface area (Å²) in [6.45, 7) is 0. The summed E-state index contributed by atoms with van der Waals surface area (Å²) in [6.07, 6.45) is 1.51. The molecule has 1 heterocycles. The van der Waals surface area contributed by atoms with Gasteiger partial charge in [0.15, 0.2) is 5.11 Å². The molecule has 0 aliphatic heterocycles. The average Bonchev–Trinajstić information content (AvgIpc) is 2.48. The van der Waals surface area contributed by atoms with Crippen LogP contribution in [0.2, 0.25) is 5.02 Å². The first-order valence-electron chi connectivity index (χ1n) is 6.60. The summed E-state index contributed by atoms with van der Waals surface area (Å²) in [4.78, 5) is 15.2. The van der Waals surface area contributed by atoms with E-state index in [1.54, 1.807) is 36.5 Å². The SMILES string of the molecule is O=C(O)C[C@H](NC(=S)Nc1ccc(Br)cn1)c1cccc(Cl)c1. The van der Waals surface area contributed by atoms with Gasteiger partial charge >= 0.3 is 5.97 Å². The number of nitrogens with one attached hydrogen (secondary N) is 2. The molecule has 23 heavy (non-hydrogen) atoms. The molecule has 0 bridgehead atoms. The Morgan fingerprint density at radius 3 is 2.78 bits per heavy atom. The highest BCUT2D eigenvalue weighted by molar-refractivity contribution is 9.10. The van der Waals surface area contributed by atoms with E-state index in [2.05, 4.69) is 31.5 Å². The molecule has 0 aliphatic carbocycles. The van der Waals surface area contributed by atoms with Crippen molar-refractivity contribution in [2.45, 2.75) is 12.5 Å². The number of pyridine rings is 1. The number of aliphatic carboxylic acids is 1. The summed E-state index contributed by atoms with van der Waals surface area (Å²) in [7, 11) is 0. The van der Waals surface area contributed by atoms with Crippen molar-refractivity contribution in [2.24, 2.45) is 0 Å². The zero-order chi connectivity index (χ0) is 16.8. The van der Waals surface area contributed by atoms with Crippen LogP contribution in [-0.4, -0.2) is 21.2 Å². The van der Waals surface area contributed by atoms with Crippen LogP contribution in [0.15, 0.2) is 47.1 Å². The summed E-state index contributed by atoms with van der Waals surface area (Å²) >= 11 is 14.5. The van der Waals surface area contributed by atoms with E-state index in [1.807, 2.05) is 6.07 Å². The minimum absolute atomic E-state index is 0.129. The molecule has 0 saturated carbocycles. The average molecular weight is 415 g/mol. The molecule has 120 valence electrons. The predicted octanol–water partition coefficient (Wildman–Crippen LogP) is 4.00. The van der Waals surface area contributed by atoms with E-state index in [1.165, 1.54) is 0 Å². The molecule has 8 heteroatoms. The van der Waals surface area contributed by atoms with Gasteiger partial charge in [-0.3, -0.25) is 4.79 Å². The monoisotopic (exact) mass is 413 g/mol. The maximum atomic E-state index is 11.1. The fourth-order valence-corrected chi connectivity index (χ4v) is 2.59. The number of rotatable bonds is 5. The molecule has 2 aromatic rings. The Bertz CT molecular complexity index is 712. The maximum Gasteiger partial charge on any atom is 0.305 e. The molecule has 0 spiro atoms. The maximum absolute atomic E-state index is 11.1. The highest BCUT2D eigenvalue weighted by Gasteiger charge is 2.17. The van der Waals surface area contributed by atoms with Gasteiger partial charge in [0.1, 0.15) is 5.82 Å². The topological polar surface area (TPSA) is 74.2 Å². The van der Waals surface area contributed by atoms with Crippen LogP contribution in [-0.2, 0) is 4.79 Å². The van der Waals surface area contributed by atoms with Crippen molar-refractivity contribution in [3.63, 3.8) is 0 Å². The van der Waals surface area contributed by atoms with Gasteiger partial charge in [-0.15, -0.1) is 0 Å². The second-order valence-corrected chi connectivity index (χ2v) is 6.43. The lowest BCUT2D eigenvalue weighted by Gasteiger charge is -2.20. The number of halogens is 2. The van der Waals surface area contributed by atoms with Crippen molar-refractivity contribution in [3.8, 4) is 0 Å². The third-order valence-corrected chi connectivity index (χ3v) is 3.83. The number of thiocarbonyl (C=S) groups is 1. The molecule has 0 saturated heterocycles. The first-order valence-corrected chi connectivity index (χ1v) is 8.18. The minimum Gasteiger partial charge on any atom is -0.481 e. The van der Waals surface area contributed by atoms with E-state index >= 15 is 0 Å². The molecule has 3 N–H and O–H groups in total. The number of nitrogens with zero attached hydrogens (tertiary/aromatic N) is 1. The fraction of sp³-hybridized carbons (Fsp3) is 0.133. The molecule has 1 atom stereocenters. The molecule has 1 aromatic carbocycles. The molecular weight excluding hydrogens is 402 g/mol. The van der Waals surface area contributed by atoms with Gasteiger partial charge in [0.2, 0.25) is 0 Å². The third kappa shape index (κ3) is 5.78. The Morgan fingerprint density at radius 1 is 1.39 bits per heavy atom. The number of benzene rings is 1. The molecule has 5 nitrogen and oxygen atoms in total. The summed E-state index contributed by atoms with van der Waals surface area (Å²) in [5.74, 6) is -0.377. The van der Waals surface area contributed by atoms with Crippen LogP contribution in [0.4, 0.5) is 5.82 Å². The van der Waals surface area contributed by atoms with Gasteiger partial charge in [0, 0.05) is 15.7 Å². The van der Waals surface area contributed by atoms with Crippen molar-refractivity contribution in [3.05, 3.63) is 57.7 Å². The number of hydrogen-bond acceptors (Lipinski definition) is 3. The predicted molar refractivity (Wildman–Crippen MR) is 97.7 cm³/mol. The molecule has 0 unspecified atom stereocenters. The largest absolute Gasteiger partial charge is 0.481 e. The Balaban J connectivity index is 2.09. The van der Waals surface area contributed by atoms with Crippen molar-refractivity contribution >= 4 is 56.6 Å². The van der Waals surface area contributed by atoms with Gasteiger partial charge in [-0.25, -0.2) is 4.98 Å². The molecular formula is C15H13BrClN3O2S. The lowest BCUT2D eigenvalue weighted by Crippen LogP contribution is -2.33. The molecule has 1 aromatic heterocycles. The number of aromatic nitrogens is 1. The van der Waals surface area contributed by atoms with E-state index in [-0.39, 0.29) is 11.5 Å². The van der Waals surface area contributed by atoms with Gasteiger partial charge in [0.25, 0.3) is 0 Å². The number of carboxylic acids is 1. The Morgan fingerprint density at radius 2 is 2.17 bits per heavy atom. The highest BCUT2D eigenvalue weighted by Crippen LogP contribution is 2.21. The number of anilines is 1. The first-order chi connectivity index (χ1) is 10.9. The van der Waals surface area contributed by atoms with Crippen LogP contribution in [0.1, 0.15) is 18.0 Å². The van der Waals surface area contributed by atoms with Crippen molar-refractivity contribution in [1.29, 1.82) is 0 Å². The lowest BCUT2D eigenvalue weighted by molar-refractivity contribution is -0.137. The zero-order valence-electron chi connectivity index (χ0n) is 11.8. The minimum atomic E-state index is -0.938. The van der Waals surface area contributed by atoms with Gasteiger partial charge in [-0.2, -0.15) is 0 Å². The molecule has 0 aliphatic rings. The quantitative estimate of drug-likeness (QED) is 0.642. The summed E-state index contributed by atoms with van der Waals surface area (Å²) in [5, 5.41) is 15.8. The van der Waals surface area contributed by atoms with E-state index in [0.717, 1.165) is 10.0 Å². The summed E-state index contributed by atoms with van der Waals surface area (Å²) in [6, 6.07) is 10.1. The third-order valence-electron chi connectivity index (χ3n) is 2.90. The highest BCUT2D eigenvalue weighted by atomic mass is 79.9. The van der Waals surface area contributed by atoms with Crippen LogP contribution in [0.5, 0.6) is 0 Å². The molecule has 0 amide bonds. The van der Waals surface area contributed by atoms with Crippen LogP contribution < -0.4 is 10.6 Å². The van der Waals surface area contributed by atoms with Gasteiger partial charge in [0.05, 0.1) is 12.5 Å². The number of carbonyl (C=O) groups is 1. The lowest BCUT2D eigenvalue weighted by atomic mass is 10.0. The second kappa shape index (κ2) is 8.24. The Kier molecular flexibility index (Phi) is 6.32. The number of carboxylic acid groups (broad SMARTS) is 1. The van der Waals surface area contributed by atoms with Crippen LogP contribution >= 0.6 is 39.7 Å². The standard InChI is InChI=1S/C15H13BrClN3O2S/c16-10-4-5-13(18-8-10)20-15(23)19-12(7-14(21)22)9-2-1-3-11(17)6-9/h1-6,8,12H,7H2,(H,21,22)(H2,18,19,20,23)/t12-/m0/s1. The second-order valence-electron chi connectivity index (χ2n) is 4.67. The smallest absolute Gasteiger partial charge is 0.305 e. The molecule has 0 fully saturated rings. The van der Waals surface area contributed by atoms with Crippen molar-refractivity contribution in [1.82, 2.24) is 10.3 Å². The van der Waals surface area contributed by atoms with Crippen LogP contribution in [0.3, 0.4) is 0 Å². The normalized spacial score (nSPS) is 11.6. The van der Waals surface area contributed by atoms with E-state index < -0.39 is 12.0 Å². The van der Waals surface area contributed by atoms with E-state index in [0.29, 0.717) is 10.8 Å². The number of hydrogen-bond donors (Lipinski definition) is 3. The van der Waals surface area contributed by atoms with Crippen LogP contribution in [0.25, 0.3) is 0 Å². The summed E-state index contributed by atoms with van der Waals surface area (Å²) in [5.41, 5.74) is 0.743. The zero-order valence-corrected chi connectivity index (χ0v) is 15.0.